The van der Waals surface area contributed by atoms with Crippen LogP contribution in [-0.4, -0.2) is 31.3 Å². The fourth-order valence-corrected chi connectivity index (χ4v) is 4.75. The van der Waals surface area contributed by atoms with Crippen molar-refractivity contribution in [3.63, 3.8) is 0 Å². The highest BCUT2D eigenvalue weighted by Crippen LogP contribution is 2.51. The molecule has 1 heterocycles. The Labute approximate surface area is 137 Å². The summed E-state index contributed by atoms with van der Waals surface area (Å²) < 4.78 is 11.5. The summed E-state index contributed by atoms with van der Waals surface area (Å²) in [5.41, 5.74) is 0. The van der Waals surface area contributed by atoms with E-state index in [0.717, 1.165) is 24.7 Å². The number of amides is 1. The molecule has 1 saturated heterocycles. The van der Waals surface area contributed by atoms with Gasteiger partial charge in [0.2, 0.25) is 0 Å². The smallest absolute Gasteiger partial charge is 0.258 e. The number of benzene rings is 1. The van der Waals surface area contributed by atoms with Gasteiger partial charge in [-0.3, -0.25) is 4.79 Å². The van der Waals surface area contributed by atoms with Crippen LogP contribution in [0.3, 0.4) is 0 Å². The normalized spacial score (nSPS) is 33.0. The molecule has 0 aromatic heterocycles. The lowest BCUT2D eigenvalue weighted by Gasteiger charge is -2.50. The molecule has 2 saturated carbocycles. The topological polar surface area (TPSA) is 47.6 Å². The second-order valence-electron chi connectivity index (χ2n) is 7.10. The third-order valence-electron chi connectivity index (χ3n) is 5.82. The molecule has 124 valence electrons. The molecule has 1 N–H and O–H groups in total. The molecule has 1 aromatic rings. The van der Waals surface area contributed by atoms with Gasteiger partial charge in [0.15, 0.2) is 6.61 Å². The first-order valence-electron chi connectivity index (χ1n) is 8.92. The van der Waals surface area contributed by atoms with E-state index in [-0.39, 0.29) is 18.6 Å². The SMILES string of the molecule is O=C(COc1ccccc1)N[C@@H]1[C@@H]2CCO[C@@H]2[C@@H]1C1CCCC1. The van der Waals surface area contributed by atoms with Gasteiger partial charge >= 0.3 is 0 Å². The van der Waals surface area contributed by atoms with Crippen molar-refractivity contribution in [1.29, 1.82) is 0 Å². The molecule has 3 aliphatic rings. The van der Waals surface area contributed by atoms with Crippen LogP contribution in [0.1, 0.15) is 32.1 Å². The predicted molar refractivity (Wildman–Crippen MR) is 87.2 cm³/mol. The standard InChI is InChI=1S/C19H25NO3/c21-16(12-23-14-8-2-1-3-9-14)20-18-15-10-11-22-19(15)17(18)13-6-4-5-7-13/h1-3,8-9,13,15,17-19H,4-7,10-12H2,(H,20,21)/t15-,17+,18+,19-/m0/s1. The van der Waals surface area contributed by atoms with Gasteiger partial charge in [0, 0.05) is 24.5 Å². The number of para-hydroxylation sites is 1. The zero-order valence-corrected chi connectivity index (χ0v) is 13.4. The molecular weight excluding hydrogens is 290 g/mol. The number of carbonyl (C=O) groups excluding carboxylic acids is 1. The number of hydrogen-bond donors (Lipinski definition) is 1. The average Bonchev–Trinajstić information content (AvgIpc) is 3.23. The fraction of sp³-hybridized carbons (Fsp3) is 0.632. The Morgan fingerprint density at radius 1 is 1.17 bits per heavy atom. The summed E-state index contributed by atoms with van der Waals surface area (Å²) in [4.78, 5) is 12.3. The first-order valence-corrected chi connectivity index (χ1v) is 8.92. The molecule has 4 rings (SSSR count). The van der Waals surface area contributed by atoms with Gasteiger partial charge in [-0.05, 0) is 24.5 Å². The number of nitrogens with one attached hydrogen (secondary N) is 1. The van der Waals surface area contributed by atoms with Crippen LogP contribution < -0.4 is 10.1 Å². The summed E-state index contributed by atoms with van der Waals surface area (Å²) in [6, 6.07) is 9.80. The van der Waals surface area contributed by atoms with Crippen LogP contribution in [0.5, 0.6) is 5.75 Å². The predicted octanol–water partition coefficient (Wildman–Crippen LogP) is 2.78. The maximum Gasteiger partial charge on any atom is 0.258 e. The molecule has 4 heteroatoms. The van der Waals surface area contributed by atoms with Gasteiger partial charge in [-0.1, -0.05) is 43.9 Å². The summed E-state index contributed by atoms with van der Waals surface area (Å²) in [6.07, 6.45) is 6.72. The van der Waals surface area contributed by atoms with E-state index in [2.05, 4.69) is 5.32 Å². The third-order valence-corrected chi connectivity index (χ3v) is 5.82. The van der Waals surface area contributed by atoms with Crippen LogP contribution in [0.25, 0.3) is 0 Å². The second-order valence-corrected chi connectivity index (χ2v) is 7.10. The highest BCUT2D eigenvalue weighted by molar-refractivity contribution is 5.78. The highest BCUT2D eigenvalue weighted by Gasteiger charge is 2.56. The maximum absolute atomic E-state index is 12.3. The first kappa shape index (κ1) is 15.0. The van der Waals surface area contributed by atoms with Crippen molar-refractivity contribution in [3.05, 3.63) is 30.3 Å². The number of rotatable bonds is 5. The van der Waals surface area contributed by atoms with Gasteiger partial charge in [-0.25, -0.2) is 0 Å². The zero-order valence-electron chi connectivity index (χ0n) is 13.4. The van der Waals surface area contributed by atoms with E-state index < -0.39 is 0 Å². The number of carbonyl (C=O) groups is 1. The summed E-state index contributed by atoms with van der Waals surface area (Å²) in [7, 11) is 0. The largest absolute Gasteiger partial charge is 0.484 e. The molecule has 0 radical (unpaired) electrons. The Balaban J connectivity index is 1.34. The van der Waals surface area contributed by atoms with Gasteiger partial charge in [0.25, 0.3) is 5.91 Å². The molecule has 1 amide bonds. The van der Waals surface area contributed by atoms with Crippen LogP contribution in [0.2, 0.25) is 0 Å². The Kier molecular flexibility index (Phi) is 4.25. The minimum absolute atomic E-state index is 0.00722. The molecule has 1 aliphatic heterocycles. The van der Waals surface area contributed by atoms with Crippen molar-refractivity contribution in [3.8, 4) is 5.75 Å². The summed E-state index contributed by atoms with van der Waals surface area (Å²) in [5, 5.41) is 3.24. The van der Waals surface area contributed by atoms with E-state index in [1.165, 1.54) is 25.7 Å². The van der Waals surface area contributed by atoms with E-state index >= 15 is 0 Å². The van der Waals surface area contributed by atoms with Crippen LogP contribution in [-0.2, 0) is 9.53 Å². The molecule has 4 atom stereocenters. The highest BCUT2D eigenvalue weighted by atomic mass is 16.5. The van der Waals surface area contributed by atoms with Gasteiger partial charge < -0.3 is 14.8 Å². The van der Waals surface area contributed by atoms with Crippen molar-refractivity contribution in [2.45, 2.75) is 44.2 Å². The van der Waals surface area contributed by atoms with Crippen LogP contribution >= 0.6 is 0 Å². The van der Waals surface area contributed by atoms with Crippen LogP contribution in [0, 0.1) is 17.8 Å². The number of ether oxygens (including phenoxy) is 2. The lowest BCUT2D eigenvalue weighted by atomic mass is 9.61. The molecule has 1 aromatic carbocycles. The molecule has 0 unspecified atom stereocenters. The Bertz CT molecular complexity index is 536. The lowest BCUT2D eigenvalue weighted by Crippen LogP contribution is -2.63. The van der Waals surface area contributed by atoms with E-state index in [1.54, 1.807) is 0 Å². The minimum atomic E-state index is -0.00722. The molecule has 4 nitrogen and oxygen atoms in total. The Morgan fingerprint density at radius 2 is 1.96 bits per heavy atom. The van der Waals surface area contributed by atoms with Crippen molar-refractivity contribution >= 4 is 5.91 Å². The molecule has 0 bridgehead atoms. The summed E-state index contributed by atoms with van der Waals surface area (Å²) >= 11 is 0. The Hall–Kier alpha value is -1.55. The molecule has 0 spiro atoms. The van der Waals surface area contributed by atoms with Crippen molar-refractivity contribution in [2.24, 2.45) is 17.8 Å². The number of hydrogen-bond acceptors (Lipinski definition) is 3. The average molecular weight is 315 g/mol. The molecule has 3 fully saturated rings. The van der Waals surface area contributed by atoms with Crippen molar-refractivity contribution in [2.75, 3.05) is 13.2 Å². The van der Waals surface area contributed by atoms with Gasteiger partial charge in [-0.15, -0.1) is 0 Å². The third kappa shape index (κ3) is 2.97. The minimum Gasteiger partial charge on any atom is -0.484 e. The maximum atomic E-state index is 12.3. The van der Waals surface area contributed by atoms with Gasteiger partial charge in [-0.2, -0.15) is 0 Å². The zero-order chi connectivity index (χ0) is 15.6. The van der Waals surface area contributed by atoms with E-state index in [0.29, 0.717) is 17.9 Å². The van der Waals surface area contributed by atoms with E-state index in [1.807, 2.05) is 30.3 Å². The lowest BCUT2D eigenvalue weighted by molar-refractivity contribution is -0.131. The quantitative estimate of drug-likeness (QED) is 0.909. The monoisotopic (exact) mass is 315 g/mol. The summed E-state index contributed by atoms with van der Waals surface area (Å²) in [6.45, 7) is 0.946. The molecule has 23 heavy (non-hydrogen) atoms. The van der Waals surface area contributed by atoms with Gasteiger partial charge in [0.1, 0.15) is 5.75 Å². The first-order chi connectivity index (χ1) is 11.3. The van der Waals surface area contributed by atoms with Crippen LogP contribution in [0.15, 0.2) is 30.3 Å². The fourth-order valence-electron chi connectivity index (χ4n) is 4.75. The molecular formula is C19H25NO3. The van der Waals surface area contributed by atoms with Crippen molar-refractivity contribution < 1.29 is 14.3 Å². The number of fused-ring (bicyclic) bond motifs is 1. The van der Waals surface area contributed by atoms with E-state index in [4.69, 9.17) is 9.47 Å². The second kappa shape index (κ2) is 6.52. The van der Waals surface area contributed by atoms with Crippen molar-refractivity contribution in [1.82, 2.24) is 5.32 Å². The Morgan fingerprint density at radius 3 is 2.74 bits per heavy atom. The van der Waals surface area contributed by atoms with Gasteiger partial charge in [0.05, 0.1) is 6.10 Å². The molecule has 2 aliphatic carbocycles. The van der Waals surface area contributed by atoms with Crippen LogP contribution in [0.4, 0.5) is 0 Å². The summed E-state index contributed by atoms with van der Waals surface area (Å²) in [5.74, 6) is 2.50. The van der Waals surface area contributed by atoms with E-state index in [9.17, 15) is 4.79 Å².